The molecule has 1 heterocycles. The monoisotopic (exact) mass is 268 g/mol. The highest BCUT2D eigenvalue weighted by Gasteiger charge is 2.14. The van der Waals surface area contributed by atoms with Crippen LogP contribution in [0.15, 0.2) is 48.5 Å². The zero-order valence-corrected chi connectivity index (χ0v) is 11.4. The average molecular weight is 268 g/mol. The second kappa shape index (κ2) is 4.89. The van der Waals surface area contributed by atoms with Gasteiger partial charge in [0.05, 0.1) is 22.8 Å². The van der Waals surface area contributed by atoms with Crippen molar-refractivity contribution >= 4 is 11.0 Å². The van der Waals surface area contributed by atoms with E-state index in [2.05, 4.69) is 4.98 Å². The summed E-state index contributed by atoms with van der Waals surface area (Å²) >= 11 is 0. The molecular weight excluding hydrogens is 252 g/mol. The van der Waals surface area contributed by atoms with Gasteiger partial charge in [-0.05, 0) is 50.2 Å². The first-order chi connectivity index (χ1) is 9.65. The van der Waals surface area contributed by atoms with Gasteiger partial charge in [0.1, 0.15) is 5.75 Å². The van der Waals surface area contributed by atoms with Crippen LogP contribution < -0.4 is 4.74 Å². The van der Waals surface area contributed by atoms with Crippen molar-refractivity contribution in [3.63, 3.8) is 0 Å². The molecule has 0 aliphatic rings. The molecule has 0 spiro atoms. The Bertz CT molecular complexity index is 730. The molecule has 3 aromatic rings. The SMILES string of the molecule is CC(C)Oc1nc2ccccc2n1-c1ccc(O)cc1. The molecule has 0 fully saturated rings. The van der Waals surface area contributed by atoms with Gasteiger partial charge in [-0.25, -0.2) is 0 Å². The number of aromatic nitrogens is 2. The van der Waals surface area contributed by atoms with E-state index in [9.17, 15) is 5.11 Å². The van der Waals surface area contributed by atoms with Crippen LogP contribution in [0.5, 0.6) is 11.8 Å². The number of phenolic OH excluding ortho intramolecular Hbond substituents is 1. The molecule has 0 saturated carbocycles. The van der Waals surface area contributed by atoms with Crippen molar-refractivity contribution in [2.24, 2.45) is 0 Å². The van der Waals surface area contributed by atoms with Crippen LogP contribution in [0.1, 0.15) is 13.8 Å². The number of para-hydroxylation sites is 2. The minimum absolute atomic E-state index is 0.0441. The second-order valence-corrected chi connectivity index (χ2v) is 4.90. The van der Waals surface area contributed by atoms with Gasteiger partial charge in [-0.1, -0.05) is 12.1 Å². The van der Waals surface area contributed by atoms with Crippen molar-refractivity contribution in [1.82, 2.24) is 9.55 Å². The molecule has 102 valence electrons. The van der Waals surface area contributed by atoms with Gasteiger partial charge in [0, 0.05) is 0 Å². The number of rotatable bonds is 3. The van der Waals surface area contributed by atoms with Crippen LogP contribution >= 0.6 is 0 Å². The summed E-state index contributed by atoms with van der Waals surface area (Å²) in [5.74, 6) is 0.240. The number of hydrogen-bond acceptors (Lipinski definition) is 3. The molecule has 0 radical (unpaired) electrons. The third-order valence-corrected chi connectivity index (χ3v) is 2.98. The lowest BCUT2D eigenvalue weighted by atomic mass is 10.2. The van der Waals surface area contributed by atoms with Crippen LogP contribution in [0, 0.1) is 0 Å². The van der Waals surface area contributed by atoms with Crippen LogP contribution in [0.2, 0.25) is 0 Å². The summed E-state index contributed by atoms with van der Waals surface area (Å²) in [6.45, 7) is 3.95. The molecule has 0 saturated heterocycles. The van der Waals surface area contributed by atoms with E-state index >= 15 is 0 Å². The van der Waals surface area contributed by atoms with E-state index in [1.54, 1.807) is 12.1 Å². The smallest absolute Gasteiger partial charge is 0.302 e. The van der Waals surface area contributed by atoms with Gasteiger partial charge in [0.25, 0.3) is 0 Å². The maximum absolute atomic E-state index is 9.43. The second-order valence-electron chi connectivity index (χ2n) is 4.90. The van der Waals surface area contributed by atoms with Gasteiger partial charge in [-0.2, -0.15) is 4.98 Å². The lowest BCUT2D eigenvalue weighted by Crippen LogP contribution is -2.10. The lowest BCUT2D eigenvalue weighted by molar-refractivity contribution is 0.220. The van der Waals surface area contributed by atoms with Crippen LogP contribution in [0.4, 0.5) is 0 Å². The van der Waals surface area contributed by atoms with Crippen molar-refractivity contribution < 1.29 is 9.84 Å². The summed E-state index contributed by atoms with van der Waals surface area (Å²) in [4.78, 5) is 4.53. The fraction of sp³-hybridized carbons (Fsp3) is 0.188. The molecule has 0 aliphatic carbocycles. The van der Waals surface area contributed by atoms with Crippen LogP contribution in [-0.2, 0) is 0 Å². The van der Waals surface area contributed by atoms with Crippen LogP contribution in [0.25, 0.3) is 16.7 Å². The fourth-order valence-corrected chi connectivity index (χ4v) is 2.14. The van der Waals surface area contributed by atoms with Crippen molar-refractivity contribution in [2.75, 3.05) is 0 Å². The number of ether oxygens (including phenoxy) is 1. The number of benzene rings is 2. The third-order valence-electron chi connectivity index (χ3n) is 2.98. The van der Waals surface area contributed by atoms with Gasteiger partial charge in [-0.3, -0.25) is 4.57 Å². The molecule has 0 bridgehead atoms. The fourth-order valence-electron chi connectivity index (χ4n) is 2.14. The summed E-state index contributed by atoms with van der Waals surface area (Å²) in [6, 6.07) is 15.4. The van der Waals surface area contributed by atoms with E-state index in [0.717, 1.165) is 16.7 Å². The third kappa shape index (κ3) is 2.20. The highest BCUT2D eigenvalue weighted by atomic mass is 16.5. The molecule has 2 aromatic carbocycles. The minimum Gasteiger partial charge on any atom is -0.508 e. The number of hydrogen-bond donors (Lipinski definition) is 1. The van der Waals surface area contributed by atoms with Crippen molar-refractivity contribution in [3.8, 4) is 17.4 Å². The molecule has 3 rings (SSSR count). The predicted molar refractivity (Wildman–Crippen MR) is 78.5 cm³/mol. The van der Waals surface area contributed by atoms with E-state index in [0.29, 0.717) is 6.01 Å². The molecular formula is C16H16N2O2. The molecule has 1 N–H and O–H groups in total. The Labute approximate surface area is 117 Å². The first kappa shape index (κ1) is 12.5. The van der Waals surface area contributed by atoms with E-state index in [1.165, 1.54) is 0 Å². The predicted octanol–water partition coefficient (Wildman–Crippen LogP) is 3.52. The Kier molecular flexibility index (Phi) is 3.06. The quantitative estimate of drug-likeness (QED) is 0.790. The highest BCUT2D eigenvalue weighted by molar-refractivity contribution is 5.79. The molecule has 20 heavy (non-hydrogen) atoms. The minimum atomic E-state index is 0.0441. The summed E-state index contributed by atoms with van der Waals surface area (Å²) < 4.78 is 7.76. The van der Waals surface area contributed by atoms with Gasteiger partial charge >= 0.3 is 6.01 Å². The topological polar surface area (TPSA) is 47.3 Å². The first-order valence-electron chi connectivity index (χ1n) is 6.58. The summed E-state index contributed by atoms with van der Waals surface area (Å²) in [5, 5.41) is 9.43. The number of phenols is 1. The number of fused-ring (bicyclic) bond motifs is 1. The molecule has 0 amide bonds. The Morgan fingerprint density at radius 3 is 2.45 bits per heavy atom. The molecule has 0 aliphatic heterocycles. The molecule has 0 unspecified atom stereocenters. The molecule has 4 heteroatoms. The van der Waals surface area contributed by atoms with Gasteiger partial charge in [0.2, 0.25) is 0 Å². The van der Waals surface area contributed by atoms with Gasteiger partial charge in [0.15, 0.2) is 0 Å². The molecule has 0 atom stereocenters. The van der Waals surface area contributed by atoms with E-state index in [-0.39, 0.29) is 11.9 Å². The Morgan fingerprint density at radius 2 is 1.75 bits per heavy atom. The zero-order valence-electron chi connectivity index (χ0n) is 11.4. The maximum atomic E-state index is 9.43. The average Bonchev–Trinajstić information content (AvgIpc) is 2.77. The number of nitrogens with zero attached hydrogens (tertiary/aromatic N) is 2. The van der Waals surface area contributed by atoms with Gasteiger partial charge in [-0.15, -0.1) is 0 Å². The number of aromatic hydroxyl groups is 1. The van der Waals surface area contributed by atoms with Gasteiger partial charge < -0.3 is 9.84 Å². The van der Waals surface area contributed by atoms with Crippen molar-refractivity contribution in [1.29, 1.82) is 0 Å². The van der Waals surface area contributed by atoms with Crippen molar-refractivity contribution in [3.05, 3.63) is 48.5 Å². The largest absolute Gasteiger partial charge is 0.508 e. The first-order valence-corrected chi connectivity index (χ1v) is 6.58. The molecule has 1 aromatic heterocycles. The molecule has 4 nitrogen and oxygen atoms in total. The van der Waals surface area contributed by atoms with Crippen molar-refractivity contribution in [2.45, 2.75) is 20.0 Å². The van der Waals surface area contributed by atoms with E-state index in [1.807, 2.05) is 54.8 Å². The Balaban J connectivity index is 2.22. The summed E-state index contributed by atoms with van der Waals surface area (Å²) in [6.07, 6.45) is 0.0441. The maximum Gasteiger partial charge on any atom is 0.302 e. The highest BCUT2D eigenvalue weighted by Crippen LogP contribution is 2.27. The summed E-state index contributed by atoms with van der Waals surface area (Å²) in [5.41, 5.74) is 2.78. The standard InChI is InChI=1S/C16H16N2O2/c1-11(2)20-16-17-14-5-3-4-6-15(14)18(16)12-7-9-13(19)10-8-12/h3-11,19H,1-2H3. The van der Waals surface area contributed by atoms with E-state index < -0.39 is 0 Å². The Hall–Kier alpha value is -2.49. The zero-order chi connectivity index (χ0) is 14.1. The normalized spacial score (nSPS) is 11.2. The van der Waals surface area contributed by atoms with Crippen LogP contribution in [0.3, 0.4) is 0 Å². The lowest BCUT2D eigenvalue weighted by Gasteiger charge is -2.12. The Morgan fingerprint density at radius 1 is 1.05 bits per heavy atom. The number of imidazole rings is 1. The summed E-state index contributed by atoms with van der Waals surface area (Å²) in [7, 11) is 0. The van der Waals surface area contributed by atoms with Crippen LogP contribution in [-0.4, -0.2) is 20.8 Å². The van der Waals surface area contributed by atoms with E-state index in [4.69, 9.17) is 4.74 Å².